The number of hydrogen-bond donors (Lipinski definition) is 1. The maximum absolute atomic E-state index is 13.6. The Kier molecular flexibility index (Phi) is 4.68. The second kappa shape index (κ2) is 7.12. The fraction of sp³-hybridized carbons (Fsp3) is 0.286. The highest BCUT2D eigenvalue weighted by molar-refractivity contribution is 6.30. The number of likely N-dealkylation sites (tertiary alicyclic amines) is 1. The zero-order valence-electron chi connectivity index (χ0n) is 14.3. The van der Waals surface area contributed by atoms with Gasteiger partial charge >= 0.3 is 0 Å². The predicted octanol–water partition coefficient (Wildman–Crippen LogP) is 4.91. The van der Waals surface area contributed by atoms with Crippen LogP contribution in [0.4, 0.5) is 4.39 Å². The maximum atomic E-state index is 13.6. The Morgan fingerprint density at radius 1 is 1.15 bits per heavy atom. The van der Waals surface area contributed by atoms with E-state index in [0.717, 1.165) is 48.0 Å². The van der Waals surface area contributed by atoms with Gasteiger partial charge in [0, 0.05) is 35.2 Å². The number of benzene rings is 2. The minimum atomic E-state index is -0.214. The quantitative estimate of drug-likeness (QED) is 0.698. The van der Waals surface area contributed by atoms with Crippen LogP contribution in [-0.2, 0) is 11.2 Å². The number of nitrogens with zero attached hydrogens (tertiary/aromatic N) is 1. The smallest absolute Gasteiger partial charge is 0.226 e. The van der Waals surface area contributed by atoms with Crippen LogP contribution in [0.1, 0.15) is 29.9 Å². The van der Waals surface area contributed by atoms with Crippen LogP contribution in [0, 0.1) is 5.82 Å². The first-order valence-electron chi connectivity index (χ1n) is 8.89. The normalized spacial score (nSPS) is 15.5. The zero-order chi connectivity index (χ0) is 18.1. The van der Waals surface area contributed by atoms with Crippen molar-refractivity contribution < 1.29 is 9.18 Å². The molecule has 1 N–H and O–H groups in total. The highest BCUT2D eigenvalue weighted by atomic mass is 35.5. The molecule has 3 nitrogen and oxygen atoms in total. The van der Waals surface area contributed by atoms with Gasteiger partial charge in [0.2, 0.25) is 5.91 Å². The van der Waals surface area contributed by atoms with Gasteiger partial charge in [0.25, 0.3) is 0 Å². The molecule has 0 aliphatic carbocycles. The van der Waals surface area contributed by atoms with Crippen LogP contribution in [0.3, 0.4) is 0 Å². The Bertz CT molecular complexity index is 927. The second-order valence-electron chi connectivity index (χ2n) is 6.89. The Labute approximate surface area is 156 Å². The van der Waals surface area contributed by atoms with Gasteiger partial charge in [0.1, 0.15) is 5.82 Å². The number of fused-ring (bicyclic) bond motifs is 1. The van der Waals surface area contributed by atoms with E-state index in [-0.39, 0.29) is 11.7 Å². The number of amides is 1. The molecule has 1 aromatic heterocycles. The van der Waals surface area contributed by atoms with Gasteiger partial charge in [0.05, 0.1) is 6.42 Å². The molecule has 2 heterocycles. The summed E-state index contributed by atoms with van der Waals surface area (Å²) in [5.74, 6) is 0.287. The van der Waals surface area contributed by atoms with E-state index in [1.165, 1.54) is 6.07 Å². The lowest BCUT2D eigenvalue weighted by Crippen LogP contribution is -2.38. The van der Waals surface area contributed by atoms with Gasteiger partial charge in [-0.2, -0.15) is 0 Å². The van der Waals surface area contributed by atoms with Gasteiger partial charge in [-0.3, -0.25) is 4.79 Å². The largest absolute Gasteiger partial charge is 0.361 e. The standard InChI is InChI=1S/C21H20ClFN2O/c22-16-3-1-14(2-4-16)11-21(26)25-9-7-15(8-10-25)19-13-24-20-6-5-17(23)12-18(19)20/h1-6,12-13,15,24H,7-11H2. The lowest BCUT2D eigenvalue weighted by atomic mass is 9.89. The van der Waals surface area contributed by atoms with Gasteiger partial charge in [-0.05, 0) is 60.2 Å². The van der Waals surface area contributed by atoms with Crippen molar-refractivity contribution in [3.05, 3.63) is 70.6 Å². The third kappa shape index (κ3) is 3.47. The second-order valence-corrected chi connectivity index (χ2v) is 7.33. The van der Waals surface area contributed by atoms with Crippen molar-refractivity contribution in [2.75, 3.05) is 13.1 Å². The lowest BCUT2D eigenvalue weighted by Gasteiger charge is -2.32. The molecular weight excluding hydrogens is 351 g/mol. The first kappa shape index (κ1) is 17.1. The molecule has 1 aliphatic rings. The summed E-state index contributed by atoms with van der Waals surface area (Å²) in [4.78, 5) is 17.7. The third-order valence-corrected chi connectivity index (χ3v) is 5.48. The number of H-pyrrole nitrogens is 1. The number of nitrogens with one attached hydrogen (secondary N) is 1. The van der Waals surface area contributed by atoms with Crippen molar-refractivity contribution in [3.63, 3.8) is 0 Å². The Morgan fingerprint density at radius 2 is 1.88 bits per heavy atom. The summed E-state index contributed by atoms with van der Waals surface area (Å²) >= 11 is 5.89. The van der Waals surface area contributed by atoms with Crippen LogP contribution >= 0.6 is 11.6 Å². The summed E-state index contributed by atoms with van der Waals surface area (Å²) in [5.41, 5.74) is 3.10. The van der Waals surface area contributed by atoms with Crippen LogP contribution in [0.2, 0.25) is 5.02 Å². The highest BCUT2D eigenvalue weighted by Gasteiger charge is 2.25. The molecule has 4 rings (SSSR count). The molecule has 1 amide bonds. The van der Waals surface area contributed by atoms with Gasteiger partial charge in [0.15, 0.2) is 0 Å². The minimum absolute atomic E-state index is 0.149. The highest BCUT2D eigenvalue weighted by Crippen LogP contribution is 2.33. The van der Waals surface area contributed by atoms with Crippen molar-refractivity contribution in [1.82, 2.24) is 9.88 Å². The summed E-state index contributed by atoms with van der Waals surface area (Å²) in [5, 5.41) is 1.63. The fourth-order valence-corrected chi connectivity index (χ4v) is 3.91. The molecule has 0 unspecified atom stereocenters. The SMILES string of the molecule is O=C(Cc1ccc(Cl)cc1)N1CCC(c2c[nH]c3ccc(F)cc23)CC1. The first-order chi connectivity index (χ1) is 12.6. The molecule has 1 fully saturated rings. The molecule has 0 spiro atoms. The summed E-state index contributed by atoms with van der Waals surface area (Å²) in [7, 11) is 0. The van der Waals surface area contributed by atoms with Crippen molar-refractivity contribution >= 4 is 28.4 Å². The Morgan fingerprint density at radius 3 is 2.62 bits per heavy atom. The molecule has 0 radical (unpaired) electrons. The molecule has 5 heteroatoms. The van der Waals surface area contributed by atoms with Crippen molar-refractivity contribution in [2.45, 2.75) is 25.2 Å². The van der Waals surface area contributed by atoms with Gasteiger partial charge in [-0.25, -0.2) is 4.39 Å². The van der Waals surface area contributed by atoms with Crippen LogP contribution in [0.25, 0.3) is 10.9 Å². The lowest BCUT2D eigenvalue weighted by molar-refractivity contribution is -0.131. The molecule has 1 saturated heterocycles. The van der Waals surface area contributed by atoms with Crippen LogP contribution in [0.15, 0.2) is 48.7 Å². The zero-order valence-corrected chi connectivity index (χ0v) is 15.1. The fourth-order valence-electron chi connectivity index (χ4n) is 3.78. The Hall–Kier alpha value is -2.33. The van der Waals surface area contributed by atoms with E-state index in [9.17, 15) is 9.18 Å². The summed E-state index contributed by atoms with van der Waals surface area (Å²) in [6, 6.07) is 12.3. The van der Waals surface area contributed by atoms with E-state index in [1.807, 2.05) is 35.4 Å². The number of piperidine rings is 1. The van der Waals surface area contributed by atoms with Crippen molar-refractivity contribution in [2.24, 2.45) is 0 Å². The molecule has 134 valence electrons. The van der Waals surface area contributed by atoms with Gasteiger partial charge in [-0.1, -0.05) is 23.7 Å². The van der Waals surface area contributed by atoms with E-state index in [2.05, 4.69) is 4.98 Å². The number of aromatic nitrogens is 1. The van der Waals surface area contributed by atoms with Gasteiger partial charge in [-0.15, -0.1) is 0 Å². The molecule has 0 atom stereocenters. The average Bonchev–Trinajstić information content (AvgIpc) is 3.06. The van der Waals surface area contributed by atoms with E-state index in [0.29, 0.717) is 17.4 Å². The number of rotatable bonds is 3. The van der Waals surface area contributed by atoms with Crippen molar-refractivity contribution in [3.8, 4) is 0 Å². The van der Waals surface area contributed by atoms with E-state index < -0.39 is 0 Å². The number of hydrogen-bond acceptors (Lipinski definition) is 1. The Balaban J connectivity index is 1.41. The number of carbonyl (C=O) groups excluding carboxylic acids is 1. The van der Waals surface area contributed by atoms with E-state index >= 15 is 0 Å². The minimum Gasteiger partial charge on any atom is -0.361 e. The molecule has 0 saturated carbocycles. The number of halogens is 2. The molecule has 0 bridgehead atoms. The van der Waals surface area contributed by atoms with Crippen LogP contribution in [0.5, 0.6) is 0 Å². The first-order valence-corrected chi connectivity index (χ1v) is 9.27. The third-order valence-electron chi connectivity index (χ3n) is 5.23. The summed E-state index contributed by atoms with van der Waals surface area (Å²) < 4.78 is 13.6. The summed E-state index contributed by atoms with van der Waals surface area (Å²) in [6.45, 7) is 1.47. The molecule has 2 aromatic carbocycles. The summed E-state index contributed by atoms with van der Waals surface area (Å²) in [6.07, 6.45) is 4.19. The predicted molar refractivity (Wildman–Crippen MR) is 102 cm³/mol. The molecular formula is C21H20ClFN2O. The monoisotopic (exact) mass is 370 g/mol. The molecule has 3 aromatic rings. The van der Waals surface area contributed by atoms with Crippen LogP contribution in [-0.4, -0.2) is 28.9 Å². The van der Waals surface area contributed by atoms with Crippen molar-refractivity contribution in [1.29, 1.82) is 0 Å². The van der Waals surface area contributed by atoms with Gasteiger partial charge < -0.3 is 9.88 Å². The molecule has 1 aliphatic heterocycles. The topological polar surface area (TPSA) is 36.1 Å². The average molecular weight is 371 g/mol. The van der Waals surface area contributed by atoms with E-state index in [4.69, 9.17) is 11.6 Å². The molecule has 26 heavy (non-hydrogen) atoms. The van der Waals surface area contributed by atoms with E-state index in [1.54, 1.807) is 12.1 Å². The van der Waals surface area contributed by atoms with Crippen LogP contribution < -0.4 is 0 Å². The maximum Gasteiger partial charge on any atom is 0.226 e. The number of aromatic amines is 1. The number of carbonyl (C=O) groups is 1.